The van der Waals surface area contributed by atoms with E-state index in [9.17, 15) is 0 Å². The van der Waals surface area contributed by atoms with Gasteiger partial charge in [-0.25, -0.2) is 9.97 Å². The normalized spacial score (nSPS) is 15.2. The molecule has 0 spiro atoms. The van der Waals surface area contributed by atoms with Crippen molar-refractivity contribution in [3.8, 4) is 11.3 Å². The lowest BCUT2D eigenvalue weighted by atomic mass is 10.1. The first-order valence-electron chi connectivity index (χ1n) is 9.70. The maximum atomic E-state index is 6.60. The Hall–Kier alpha value is -2.00. The van der Waals surface area contributed by atoms with Crippen molar-refractivity contribution < 1.29 is 0 Å². The van der Waals surface area contributed by atoms with E-state index < -0.39 is 0 Å². The van der Waals surface area contributed by atoms with E-state index in [4.69, 9.17) is 11.6 Å². The number of anilines is 2. The summed E-state index contributed by atoms with van der Waals surface area (Å²) in [5.41, 5.74) is 4.64. The summed E-state index contributed by atoms with van der Waals surface area (Å²) in [5, 5.41) is 9.12. The van der Waals surface area contributed by atoms with E-state index in [0.29, 0.717) is 16.6 Å². The molecule has 6 nitrogen and oxygen atoms in total. The highest BCUT2D eigenvalue weighted by Gasteiger charge is 2.18. The minimum absolute atomic E-state index is 0.583. The fourth-order valence-electron chi connectivity index (χ4n) is 3.75. The zero-order valence-corrected chi connectivity index (χ0v) is 18.4. The van der Waals surface area contributed by atoms with Crippen molar-refractivity contribution in [1.82, 2.24) is 23.6 Å². The number of halogens is 1. The molecule has 0 bridgehead atoms. The Morgan fingerprint density at radius 3 is 2.90 bits per heavy atom. The first-order chi connectivity index (χ1) is 14.2. The summed E-state index contributed by atoms with van der Waals surface area (Å²) in [7, 11) is 0. The zero-order valence-electron chi connectivity index (χ0n) is 16.1. The Morgan fingerprint density at radius 1 is 1.24 bits per heavy atom. The number of aryl methyl sites for hydroxylation is 1. The summed E-state index contributed by atoms with van der Waals surface area (Å²) in [6, 6.07) is 4.19. The SMILES string of the molecule is Cc1nc(Nc2cc(CN3CCCCC3)ns2)c2ncc(-c3ccsc3)n2c1Cl. The minimum Gasteiger partial charge on any atom is -0.328 e. The van der Waals surface area contributed by atoms with Crippen LogP contribution >= 0.6 is 34.5 Å². The van der Waals surface area contributed by atoms with E-state index in [0.717, 1.165) is 47.3 Å². The molecule has 9 heteroatoms. The van der Waals surface area contributed by atoms with Crippen LogP contribution in [0.3, 0.4) is 0 Å². The molecule has 1 aliphatic rings. The summed E-state index contributed by atoms with van der Waals surface area (Å²) >= 11 is 9.71. The van der Waals surface area contributed by atoms with Gasteiger partial charge in [0, 0.05) is 17.5 Å². The van der Waals surface area contributed by atoms with Crippen LogP contribution in [0, 0.1) is 6.92 Å². The lowest BCUT2D eigenvalue weighted by Gasteiger charge is -2.25. The number of piperidine rings is 1. The maximum Gasteiger partial charge on any atom is 0.182 e. The molecule has 4 aromatic heterocycles. The highest BCUT2D eigenvalue weighted by Crippen LogP contribution is 2.32. The second kappa shape index (κ2) is 8.02. The van der Waals surface area contributed by atoms with Crippen molar-refractivity contribution in [3.63, 3.8) is 0 Å². The van der Waals surface area contributed by atoms with E-state index in [1.54, 1.807) is 11.3 Å². The Morgan fingerprint density at radius 2 is 2.10 bits per heavy atom. The highest BCUT2D eigenvalue weighted by molar-refractivity contribution is 7.10. The molecule has 1 N–H and O–H groups in total. The second-order valence-corrected chi connectivity index (χ2v) is 9.24. The number of thiophene rings is 1. The molecule has 0 atom stereocenters. The van der Waals surface area contributed by atoms with Crippen LogP contribution in [-0.4, -0.2) is 36.7 Å². The number of likely N-dealkylation sites (tertiary alicyclic amines) is 1. The van der Waals surface area contributed by atoms with Gasteiger partial charge in [-0.1, -0.05) is 18.0 Å². The molecule has 0 aliphatic carbocycles. The molecule has 0 aromatic carbocycles. The van der Waals surface area contributed by atoms with Crippen molar-refractivity contribution >= 4 is 50.9 Å². The Kier molecular flexibility index (Phi) is 5.26. The largest absolute Gasteiger partial charge is 0.328 e. The van der Waals surface area contributed by atoms with E-state index in [-0.39, 0.29) is 0 Å². The van der Waals surface area contributed by atoms with Gasteiger partial charge < -0.3 is 5.32 Å². The number of imidazole rings is 1. The molecule has 150 valence electrons. The summed E-state index contributed by atoms with van der Waals surface area (Å²) < 4.78 is 6.59. The summed E-state index contributed by atoms with van der Waals surface area (Å²) in [4.78, 5) is 11.7. The fourth-order valence-corrected chi connectivity index (χ4v) is 5.27. The van der Waals surface area contributed by atoms with Gasteiger partial charge in [0.15, 0.2) is 11.5 Å². The number of nitrogens with zero attached hydrogens (tertiary/aromatic N) is 5. The zero-order chi connectivity index (χ0) is 19.8. The van der Waals surface area contributed by atoms with Gasteiger partial charge in [0.25, 0.3) is 0 Å². The third-order valence-corrected chi connectivity index (χ3v) is 7.07. The number of fused-ring (bicyclic) bond motifs is 1. The molecule has 4 aromatic rings. The van der Waals surface area contributed by atoms with Crippen LogP contribution in [-0.2, 0) is 6.54 Å². The monoisotopic (exact) mass is 444 g/mol. The van der Waals surface area contributed by atoms with Crippen LogP contribution in [0.1, 0.15) is 30.7 Å². The molecule has 1 aliphatic heterocycles. The van der Waals surface area contributed by atoms with Gasteiger partial charge in [-0.05, 0) is 61.9 Å². The van der Waals surface area contributed by atoms with Gasteiger partial charge in [-0.15, -0.1) is 0 Å². The molecule has 0 radical (unpaired) electrons. The smallest absolute Gasteiger partial charge is 0.182 e. The lowest BCUT2D eigenvalue weighted by molar-refractivity contribution is 0.219. The van der Waals surface area contributed by atoms with Gasteiger partial charge in [-0.2, -0.15) is 15.7 Å². The van der Waals surface area contributed by atoms with Crippen LogP contribution in [0.25, 0.3) is 16.9 Å². The molecule has 0 saturated carbocycles. The molecule has 5 heterocycles. The molecule has 1 fully saturated rings. The summed E-state index contributed by atoms with van der Waals surface area (Å²) in [5.74, 6) is 0.696. The predicted octanol–water partition coefficient (Wildman–Crippen LogP) is 5.61. The van der Waals surface area contributed by atoms with E-state index in [2.05, 4.69) is 47.5 Å². The van der Waals surface area contributed by atoms with Crippen LogP contribution in [0.15, 0.2) is 29.1 Å². The van der Waals surface area contributed by atoms with Crippen molar-refractivity contribution in [2.75, 3.05) is 18.4 Å². The number of hydrogen-bond donors (Lipinski definition) is 1. The third kappa shape index (κ3) is 3.77. The number of rotatable bonds is 5. The van der Waals surface area contributed by atoms with Crippen molar-refractivity contribution in [1.29, 1.82) is 0 Å². The van der Waals surface area contributed by atoms with E-state index in [1.807, 2.05) is 17.5 Å². The number of aromatic nitrogens is 4. The molecule has 0 amide bonds. The maximum absolute atomic E-state index is 6.60. The second-order valence-electron chi connectivity index (χ2n) is 7.30. The van der Waals surface area contributed by atoms with Gasteiger partial charge >= 0.3 is 0 Å². The summed E-state index contributed by atoms with van der Waals surface area (Å²) in [6.45, 7) is 5.15. The van der Waals surface area contributed by atoms with Crippen LogP contribution in [0.2, 0.25) is 5.15 Å². The standard InChI is InChI=1S/C20H21ClN6S2/c1-13-18(21)27-16(14-5-8-28-12-14)10-22-20(27)19(23-13)24-17-9-15(25-29-17)11-26-6-3-2-4-7-26/h5,8-10,12H,2-4,6-7,11H2,1H3,(H,23,24). The Bertz CT molecular complexity index is 1130. The van der Waals surface area contributed by atoms with Crippen LogP contribution < -0.4 is 5.32 Å². The van der Waals surface area contributed by atoms with Crippen molar-refractivity contribution in [2.24, 2.45) is 0 Å². The van der Waals surface area contributed by atoms with Gasteiger partial charge in [0.2, 0.25) is 0 Å². The average molecular weight is 445 g/mol. The molecule has 5 rings (SSSR count). The van der Waals surface area contributed by atoms with Crippen molar-refractivity contribution in [2.45, 2.75) is 32.7 Å². The van der Waals surface area contributed by atoms with Gasteiger partial charge in [-0.3, -0.25) is 9.30 Å². The Balaban J connectivity index is 1.44. The molecule has 1 saturated heterocycles. The van der Waals surface area contributed by atoms with Gasteiger partial charge in [0.1, 0.15) is 10.2 Å². The fraction of sp³-hybridized carbons (Fsp3) is 0.350. The van der Waals surface area contributed by atoms with Gasteiger partial charge in [0.05, 0.1) is 23.3 Å². The van der Waals surface area contributed by atoms with E-state index in [1.165, 1.54) is 30.8 Å². The highest BCUT2D eigenvalue weighted by atomic mass is 35.5. The molecular weight excluding hydrogens is 424 g/mol. The lowest BCUT2D eigenvalue weighted by Crippen LogP contribution is -2.29. The average Bonchev–Trinajstić information content (AvgIpc) is 3.47. The van der Waals surface area contributed by atoms with Crippen LogP contribution in [0.4, 0.5) is 10.8 Å². The minimum atomic E-state index is 0.583. The quantitative estimate of drug-likeness (QED) is 0.433. The first kappa shape index (κ1) is 19.0. The molecule has 29 heavy (non-hydrogen) atoms. The topological polar surface area (TPSA) is 58.4 Å². The van der Waals surface area contributed by atoms with E-state index >= 15 is 0 Å². The predicted molar refractivity (Wildman–Crippen MR) is 121 cm³/mol. The number of nitrogens with one attached hydrogen (secondary N) is 1. The Labute approximate surface area is 182 Å². The summed E-state index contributed by atoms with van der Waals surface area (Å²) in [6.07, 6.45) is 5.76. The number of hydrogen-bond acceptors (Lipinski definition) is 7. The van der Waals surface area contributed by atoms with Crippen molar-refractivity contribution in [3.05, 3.63) is 45.6 Å². The first-order valence-corrected chi connectivity index (χ1v) is 11.8. The molecular formula is C20H21ClN6S2. The molecule has 0 unspecified atom stereocenters. The van der Waals surface area contributed by atoms with Crippen LogP contribution in [0.5, 0.6) is 0 Å². The third-order valence-electron chi connectivity index (χ3n) is 5.20.